The van der Waals surface area contributed by atoms with Gasteiger partial charge in [0.25, 0.3) is 0 Å². The number of alkyl halides is 3. The first-order valence-electron chi connectivity index (χ1n) is 5.13. The quantitative estimate of drug-likeness (QED) is 0.925. The van der Waals surface area contributed by atoms with Crippen molar-refractivity contribution in [3.05, 3.63) is 28.7 Å². The minimum atomic E-state index is -4.64. The highest BCUT2D eigenvalue weighted by Gasteiger charge is 2.35. The minimum Gasteiger partial charge on any atom is -0.283 e. The van der Waals surface area contributed by atoms with Gasteiger partial charge in [-0.15, -0.1) is 10.2 Å². The molecule has 2 heterocycles. The number of nitrogens with zero attached hydrogens (tertiary/aromatic N) is 3. The fourth-order valence-electron chi connectivity index (χ4n) is 1.53. The van der Waals surface area contributed by atoms with Crippen LogP contribution in [0.15, 0.2) is 12.3 Å². The molecule has 0 atom stereocenters. The van der Waals surface area contributed by atoms with Gasteiger partial charge in [0.2, 0.25) is 10.0 Å². The first kappa shape index (κ1) is 15.0. The highest BCUT2D eigenvalue weighted by molar-refractivity contribution is 7.88. The van der Waals surface area contributed by atoms with Crippen LogP contribution >= 0.6 is 11.6 Å². The highest BCUT2D eigenvalue weighted by Crippen LogP contribution is 2.33. The number of nitrogens with one attached hydrogen (secondary N) is 1. The Balaban J connectivity index is 2.53. The summed E-state index contributed by atoms with van der Waals surface area (Å²) >= 11 is 5.63. The van der Waals surface area contributed by atoms with E-state index >= 15 is 0 Å². The average molecular weight is 329 g/mol. The van der Waals surface area contributed by atoms with Crippen LogP contribution < -0.4 is 4.72 Å². The molecule has 1 N–H and O–H groups in total. The topological polar surface area (TPSA) is 76.4 Å². The molecule has 6 nitrogen and oxygen atoms in total. The molecule has 0 spiro atoms. The smallest absolute Gasteiger partial charge is 0.283 e. The molecule has 2 rings (SSSR count). The molecule has 20 heavy (non-hydrogen) atoms. The molecule has 2 aromatic heterocycles. The second-order valence-corrected chi connectivity index (χ2v) is 6.24. The van der Waals surface area contributed by atoms with Crippen LogP contribution in [0.3, 0.4) is 0 Å². The van der Waals surface area contributed by atoms with Gasteiger partial charge in [-0.1, -0.05) is 11.6 Å². The second kappa shape index (κ2) is 4.86. The van der Waals surface area contributed by atoms with Gasteiger partial charge >= 0.3 is 6.18 Å². The van der Waals surface area contributed by atoms with E-state index in [2.05, 4.69) is 14.9 Å². The summed E-state index contributed by atoms with van der Waals surface area (Å²) in [6.07, 6.45) is -2.53. The molecule has 0 radical (unpaired) electrons. The van der Waals surface area contributed by atoms with Crippen molar-refractivity contribution >= 4 is 27.3 Å². The average Bonchev–Trinajstić information content (AvgIpc) is 2.65. The highest BCUT2D eigenvalue weighted by atomic mass is 35.5. The molecule has 0 aliphatic rings. The molecular weight excluding hydrogens is 321 g/mol. The van der Waals surface area contributed by atoms with Crippen molar-refractivity contribution in [2.24, 2.45) is 0 Å². The maximum Gasteiger partial charge on any atom is 0.420 e. The maximum atomic E-state index is 12.8. The summed E-state index contributed by atoms with van der Waals surface area (Å²) in [6.45, 7) is -0.294. The van der Waals surface area contributed by atoms with Crippen molar-refractivity contribution in [2.75, 3.05) is 6.26 Å². The van der Waals surface area contributed by atoms with E-state index in [-0.39, 0.29) is 17.4 Å². The standard InChI is InChI=1S/C9H8ClF3N4O2S/c1-20(18,19)14-3-7-15-16-8-6(9(11,12)13)2-5(10)4-17(7)8/h2,4,14H,3H2,1H3. The van der Waals surface area contributed by atoms with Crippen LogP contribution in [0, 0.1) is 0 Å². The number of hydrogen-bond donors (Lipinski definition) is 1. The van der Waals surface area contributed by atoms with Crippen LogP contribution in [-0.2, 0) is 22.7 Å². The number of halogens is 4. The zero-order valence-corrected chi connectivity index (χ0v) is 11.5. The molecule has 0 aromatic carbocycles. The third kappa shape index (κ3) is 3.19. The lowest BCUT2D eigenvalue weighted by Gasteiger charge is -2.09. The normalized spacial score (nSPS) is 13.1. The lowest BCUT2D eigenvalue weighted by atomic mass is 10.2. The maximum absolute atomic E-state index is 12.8. The number of hydrogen-bond acceptors (Lipinski definition) is 4. The lowest BCUT2D eigenvalue weighted by Crippen LogP contribution is -2.22. The Morgan fingerprint density at radius 2 is 2.05 bits per heavy atom. The van der Waals surface area contributed by atoms with Crippen molar-refractivity contribution in [1.82, 2.24) is 19.3 Å². The van der Waals surface area contributed by atoms with Gasteiger partial charge in [-0.3, -0.25) is 4.40 Å². The zero-order valence-electron chi connectivity index (χ0n) is 9.94. The predicted octanol–water partition coefficient (Wildman–Crippen LogP) is 1.45. The van der Waals surface area contributed by atoms with Crippen LogP contribution in [0.4, 0.5) is 13.2 Å². The Morgan fingerprint density at radius 1 is 1.40 bits per heavy atom. The number of aromatic nitrogens is 3. The number of sulfonamides is 1. The molecular formula is C9H8ClF3N4O2S. The molecule has 0 aliphatic heterocycles. The number of rotatable bonds is 3. The van der Waals surface area contributed by atoms with Crippen molar-refractivity contribution in [1.29, 1.82) is 0 Å². The predicted molar refractivity (Wildman–Crippen MR) is 64.7 cm³/mol. The van der Waals surface area contributed by atoms with E-state index in [0.717, 1.165) is 16.7 Å². The van der Waals surface area contributed by atoms with Crippen LogP contribution in [0.25, 0.3) is 5.65 Å². The zero-order chi connectivity index (χ0) is 15.1. The summed E-state index contributed by atoms with van der Waals surface area (Å²) in [6, 6.07) is 0.735. The Bertz CT molecular complexity index is 756. The van der Waals surface area contributed by atoms with Crippen LogP contribution in [0.2, 0.25) is 5.02 Å². The Kier molecular flexibility index (Phi) is 3.65. The largest absolute Gasteiger partial charge is 0.420 e. The van der Waals surface area contributed by atoms with E-state index in [4.69, 9.17) is 11.6 Å². The van der Waals surface area contributed by atoms with Gasteiger partial charge in [0.15, 0.2) is 11.5 Å². The number of pyridine rings is 1. The molecule has 11 heteroatoms. The summed E-state index contributed by atoms with van der Waals surface area (Å²) in [5.74, 6) is -0.00146. The molecule has 0 fully saturated rings. The van der Waals surface area contributed by atoms with Crippen LogP contribution in [-0.4, -0.2) is 29.3 Å². The van der Waals surface area contributed by atoms with Gasteiger partial charge in [-0.05, 0) is 6.07 Å². The van der Waals surface area contributed by atoms with Gasteiger partial charge in [-0.25, -0.2) is 13.1 Å². The lowest BCUT2D eigenvalue weighted by molar-refractivity contribution is -0.136. The first-order valence-corrected chi connectivity index (χ1v) is 7.40. The third-order valence-corrected chi connectivity index (χ3v) is 3.22. The van der Waals surface area contributed by atoms with Crippen molar-refractivity contribution in [2.45, 2.75) is 12.7 Å². The third-order valence-electron chi connectivity index (χ3n) is 2.34. The van der Waals surface area contributed by atoms with E-state index in [1.165, 1.54) is 6.20 Å². The summed E-state index contributed by atoms with van der Waals surface area (Å²) in [7, 11) is -3.50. The molecule has 0 saturated carbocycles. The molecule has 110 valence electrons. The van der Waals surface area contributed by atoms with E-state index in [0.29, 0.717) is 0 Å². The SMILES string of the molecule is CS(=O)(=O)NCc1nnc2c(C(F)(F)F)cc(Cl)cn12. The molecule has 0 aliphatic carbocycles. The summed E-state index contributed by atoms with van der Waals surface area (Å²) in [5.41, 5.74) is -1.48. The molecule has 0 bridgehead atoms. The Morgan fingerprint density at radius 3 is 2.60 bits per heavy atom. The van der Waals surface area contributed by atoms with Gasteiger partial charge < -0.3 is 0 Å². The summed E-state index contributed by atoms with van der Waals surface area (Å²) in [5, 5.41) is 6.81. The van der Waals surface area contributed by atoms with Gasteiger partial charge in [-0.2, -0.15) is 13.2 Å². The van der Waals surface area contributed by atoms with Gasteiger partial charge in [0, 0.05) is 6.20 Å². The summed E-state index contributed by atoms with van der Waals surface area (Å²) < 4.78 is 63.6. The van der Waals surface area contributed by atoms with Crippen LogP contribution in [0.5, 0.6) is 0 Å². The molecule has 0 unspecified atom stereocenters. The fourth-order valence-corrected chi connectivity index (χ4v) is 2.13. The molecule has 2 aromatic rings. The number of fused-ring (bicyclic) bond motifs is 1. The van der Waals surface area contributed by atoms with Crippen molar-refractivity contribution in [3.8, 4) is 0 Å². The monoisotopic (exact) mass is 328 g/mol. The first-order chi connectivity index (χ1) is 9.08. The molecule has 0 saturated heterocycles. The van der Waals surface area contributed by atoms with E-state index < -0.39 is 27.4 Å². The van der Waals surface area contributed by atoms with Gasteiger partial charge in [0.05, 0.1) is 17.8 Å². The summed E-state index contributed by atoms with van der Waals surface area (Å²) in [4.78, 5) is 0. The fraction of sp³-hybridized carbons (Fsp3) is 0.333. The van der Waals surface area contributed by atoms with Gasteiger partial charge in [0.1, 0.15) is 5.56 Å². The van der Waals surface area contributed by atoms with Crippen LogP contribution in [0.1, 0.15) is 11.4 Å². The molecule has 0 amide bonds. The van der Waals surface area contributed by atoms with Crippen molar-refractivity contribution < 1.29 is 21.6 Å². The van der Waals surface area contributed by atoms with E-state index in [1.807, 2.05) is 0 Å². The van der Waals surface area contributed by atoms with Crippen molar-refractivity contribution in [3.63, 3.8) is 0 Å². The van der Waals surface area contributed by atoms with E-state index in [9.17, 15) is 21.6 Å². The van der Waals surface area contributed by atoms with E-state index in [1.54, 1.807) is 0 Å². The Labute approximate surface area is 116 Å². The second-order valence-electron chi connectivity index (χ2n) is 3.97. The minimum absolute atomic E-state index is 0.00146. The Hall–Kier alpha value is -1.39.